The highest BCUT2D eigenvalue weighted by Crippen LogP contribution is 2.29. The van der Waals surface area contributed by atoms with Crippen molar-refractivity contribution in [1.82, 2.24) is 8.61 Å². The Kier molecular flexibility index (Phi) is 4.64. The molecule has 5 nitrogen and oxygen atoms in total. The van der Waals surface area contributed by atoms with Crippen LogP contribution in [0.15, 0.2) is 0 Å². The maximum absolute atomic E-state index is 12.5. The molecule has 6 heteroatoms. The third kappa shape index (κ3) is 2.87. The summed E-state index contributed by atoms with van der Waals surface area (Å²) in [6.07, 6.45) is 6.51. The van der Waals surface area contributed by atoms with Crippen molar-refractivity contribution in [2.75, 3.05) is 26.7 Å². The van der Waals surface area contributed by atoms with Crippen LogP contribution >= 0.6 is 0 Å². The lowest BCUT2D eigenvalue weighted by atomic mass is 9.86. The Morgan fingerprint density at radius 1 is 1.22 bits per heavy atom. The molecule has 0 spiro atoms. The average Bonchev–Trinajstić information content (AvgIpc) is 2.33. The summed E-state index contributed by atoms with van der Waals surface area (Å²) in [7, 11) is -1.60. The number of hydrogen-bond acceptors (Lipinski definition) is 3. The summed E-state index contributed by atoms with van der Waals surface area (Å²) >= 11 is 0. The number of nitrogens with two attached hydrogens (primary N) is 1. The van der Waals surface area contributed by atoms with Crippen molar-refractivity contribution >= 4 is 10.2 Å². The maximum atomic E-state index is 12.5. The molecule has 2 aliphatic rings. The zero-order valence-electron chi connectivity index (χ0n) is 11.2. The second-order valence-electron chi connectivity index (χ2n) is 5.58. The van der Waals surface area contributed by atoms with Crippen LogP contribution in [0, 0.1) is 5.92 Å². The fraction of sp³-hybridized carbons (Fsp3) is 1.00. The Bertz CT molecular complexity index is 368. The van der Waals surface area contributed by atoms with Crippen LogP contribution in [0.2, 0.25) is 0 Å². The second-order valence-corrected chi connectivity index (χ2v) is 7.57. The van der Waals surface area contributed by atoms with E-state index in [-0.39, 0.29) is 6.04 Å². The van der Waals surface area contributed by atoms with E-state index in [9.17, 15) is 8.42 Å². The van der Waals surface area contributed by atoms with E-state index in [0.29, 0.717) is 25.6 Å². The van der Waals surface area contributed by atoms with Gasteiger partial charge in [-0.2, -0.15) is 17.0 Å². The van der Waals surface area contributed by atoms with Gasteiger partial charge in [-0.25, -0.2) is 0 Å². The van der Waals surface area contributed by atoms with E-state index in [0.717, 1.165) is 19.3 Å². The highest BCUT2D eigenvalue weighted by Gasteiger charge is 2.35. The molecule has 1 aliphatic carbocycles. The van der Waals surface area contributed by atoms with Crippen LogP contribution in [0.25, 0.3) is 0 Å². The fourth-order valence-corrected chi connectivity index (χ4v) is 4.51. The SMILES string of the molecule is CN(CC1CCC1)S(=O)(=O)N1CCCCC1CN. The Labute approximate surface area is 110 Å². The lowest BCUT2D eigenvalue weighted by Gasteiger charge is -2.38. The van der Waals surface area contributed by atoms with E-state index in [4.69, 9.17) is 5.73 Å². The molecule has 18 heavy (non-hydrogen) atoms. The van der Waals surface area contributed by atoms with Crippen LogP contribution in [-0.2, 0) is 10.2 Å². The largest absolute Gasteiger partial charge is 0.329 e. The molecule has 0 aromatic carbocycles. The minimum atomic E-state index is -3.31. The Morgan fingerprint density at radius 3 is 2.50 bits per heavy atom. The monoisotopic (exact) mass is 275 g/mol. The standard InChI is InChI=1S/C12H25N3O2S/c1-14(10-11-5-4-6-11)18(16,17)15-8-3-2-7-12(15)9-13/h11-12H,2-10,13H2,1H3. The molecule has 0 aromatic rings. The zero-order valence-corrected chi connectivity index (χ0v) is 12.0. The molecule has 1 heterocycles. The molecule has 1 saturated heterocycles. The van der Waals surface area contributed by atoms with Crippen LogP contribution in [0.1, 0.15) is 38.5 Å². The number of nitrogens with zero attached hydrogens (tertiary/aromatic N) is 2. The van der Waals surface area contributed by atoms with Crippen LogP contribution in [0.4, 0.5) is 0 Å². The summed E-state index contributed by atoms with van der Waals surface area (Å²) in [5, 5.41) is 0. The third-order valence-corrected chi connectivity index (χ3v) is 6.29. The van der Waals surface area contributed by atoms with Gasteiger partial charge >= 0.3 is 0 Å². The van der Waals surface area contributed by atoms with Gasteiger partial charge in [-0.05, 0) is 31.6 Å². The number of piperidine rings is 1. The Hall–Kier alpha value is -0.170. The fourth-order valence-electron chi connectivity index (χ4n) is 2.83. The van der Waals surface area contributed by atoms with Gasteiger partial charge in [0.2, 0.25) is 0 Å². The van der Waals surface area contributed by atoms with Crippen molar-refractivity contribution in [1.29, 1.82) is 0 Å². The lowest BCUT2D eigenvalue weighted by molar-refractivity contribution is 0.219. The molecule has 0 radical (unpaired) electrons. The summed E-state index contributed by atoms with van der Waals surface area (Å²) in [5.41, 5.74) is 5.70. The van der Waals surface area contributed by atoms with Crippen LogP contribution in [-0.4, -0.2) is 49.8 Å². The van der Waals surface area contributed by atoms with Gasteiger partial charge in [-0.3, -0.25) is 0 Å². The van der Waals surface area contributed by atoms with Crippen molar-refractivity contribution in [2.24, 2.45) is 11.7 Å². The van der Waals surface area contributed by atoms with E-state index in [1.807, 2.05) is 0 Å². The molecule has 2 N–H and O–H groups in total. The van der Waals surface area contributed by atoms with Crippen molar-refractivity contribution in [3.05, 3.63) is 0 Å². The van der Waals surface area contributed by atoms with Gasteiger partial charge < -0.3 is 5.73 Å². The predicted octanol–water partition coefficient (Wildman–Crippen LogP) is 0.776. The number of rotatable bonds is 5. The minimum Gasteiger partial charge on any atom is -0.329 e. The number of hydrogen-bond donors (Lipinski definition) is 1. The van der Waals surface area contributed by atoms with Gasteiger partial charge in [0.05, 0.1) is 0 Å². The zero-order chi connectivity index (χ0) is 13.2. The molecule has 1 aliphatic heterocycles. The first-order chi connectivity index (χ1) is 8.55. The summed E-state index contributed by atoms with van der Waals surface area (Å²) < 4.78 is 28.2. The first-order valence-electron chi connectivity index (χ1n) is 6.99. The Morgan fingerprint density at radius 2 is 1.94 bits per heavy atom. The molecule has 1 unspecified atom stereocenters. The molecule has 0 bridgehead atoms. The quantitative estimate of drug-likeness (QED) is 0.806. The van der Waals surface area contributed by atoms with Crippen LogP contribution in [0.3, 0.4) is 0 Å². The molecule has 2 fully saturated rings. The van der Waals surface area contributed by atoms with Gasteiger partial charge in [-0.1, -0.05) is 12.8 Å². The normalized spacial score (nSPS) is 27.4. The van der Waals surface area contributed by atoms with Gasteiger partial charge in [0, 0.05) is 32.7 Å². The molecule has 1 saturated carbocycles. The van der Waals surface area contributed by atoms with E-state index in [2.05, 4.69) is 0 Å². The topological polar surface area (TPSA) is 66.6 Å². The third-order valence-electron chi connectivity index (χ3n) is 4.28. The summed E-state index contributed by atoms with van der Waals surface area (Å²) in [4.78, 5) is 0. The highest BCUT2D eigenvalue weighted by atomic mass is 32.2. The smallest absolute Gasteiger partial charge is 0.282 e. The van der Waals surface area contributed by atoms with Gasteiger partial charge in [-0.15, -0.1) is 0 Å². The molecule has 2 rings (SSSR count). The molecule has 1 atom stereocenters. The second kappa shape index (κ2) is 5.86. The average molecular weight is 275 g/mol. The maximum Gasteiger partial charge on any atom is 0.282 e. The molecular formula is C12H25N3O2S. The minimum absolute atomic E-state index is 0.00686. The first kappa shape index (κ1) is 14.2. The van der Waals surface area contributed by atoms with Gasteiger partial charge in [0.25, 0.3) is 10.2 Å². The van der Waals surface area contributed by atoms with Gasteiger partial charge in [0.15, 0.2) is 0 Å². The van der Waals surface area contributed by atoms with E-state index >= 15 is 0 Å². The van der Waals surface area contributed by atoms with Crippen LogP contribution in [0.5, 0.6) is 0 Å². The highest BCUT2D eigenvalue weighted by molar-refractivity contribution is 7.86. The summed E-state index contributed by atoms with van der Waals surface area (Å²) in [6.45, 7) is 1.71. The Balaban J connectivity index is 2.02. The van der Waals surface area contributed by atoms with E-state index in [1.165, 1.54) is 23.6 Å². The predicted molar refractivity (Wildman–Crippen MR) is 72.3 cm³/mol. The van der Waals surface area contributed by atoms with Crippen molar-refractivity contribution in [2.45, 2.75) is 44.6 Å². The molecular weight excluding hydrogens is 250 g/mol. The van der Waals surface area contributed by atoms with Crippen molar-refractivity contribution in [3.63, 3.8) is 0 Å². The van der Waals surface area contributed by atoms with E-state index in [1.54, 1.807) is 11.4 Å². The first-order valence-corrected chi connectivity index (χ1v) is 8.38. The molecule has 0 aromatic heterocycles. The van der Waals surface area contributed by atoms with Gasteiger partial charge in [0.1, 0.15) is 0 Å². The summed E-state index contributed by atoms with van der Waals surface area (Å²) in [5.74, 6) is 0.561. The van der Waals surface area contributed by atoms with Crippen molar-refractivity contribution in [3.8, 4) is 0 Å². The lowest BCUT2D eigenvalue weighted by Crippen LogP contribution is -2.53. The van der Waals surface area contributed by atoms with E-state index < -0.39 is 10.2 Å². The van der Waals surface area contributed by atoms with Crippen LogP contribution < -0.4 is 5.73 Å². The molecule has 106 valence electrons. The molecule has 0 amide bonds. The summed E-state index contributed by atoms with van der Waals surface area (Å²) in [6, 6.07) is -0.00686. The van der Waals surface area contributed by atoms with Crippen molar-refractivity contribution < 1.29 is 8.42 Å².